The molecule has 43 heavy (non-hydrogen) atoms. The van der Waals surface area contributed by atoms with Gasteiger partial charge in [-0.25, -0.2) is 4.79 Å². The molecular weight excluding hydrogens is 631 g/mol. The summed E-state index contributed by atoms with van der Waals surface area (Å²) in [6, 6.07) is 0.804. The first-order valence-electron chi connectivity index (χ1n) is 15.8. The fraction of sp³-hybridized carbons (Fsp3) is 0.962. The maximum absolute atomic E-state index is 11.8. The van der Waals surface area contributed by atoms with Crippen LogP contribution < -0.4 is 5.32 Å². The molecule has 0 saturated heterocycles. The number of alkyl carbamates (subject to hydrolysis) is 1. The molecule has 0 spiro atoms. The van der Waals surface area contributed by atoms with E-state index in [1.54, 1.807) is 14.0 Å². The summed E-state index contributed by atoms with van der Waals surface area (Å²) in [6.45, 7) is 22.7. The molecule has 0 heterocycles. The molecule has 3 unspecified atom stereocenters. The minimum atomic E-state index is -3.80. The number of carbonyl (C=O) groups excluding carboxylic acids is 1. The van der Waals surface area contributed by atoms with Crippen LogP contribution in [0.1, 0.15) is 68.7 Å². The monoisotopic (exact) mass is 691 g/mol. The summed E-state index contributed by atoms with van der Waals surface area (Å²) < 4.78 is 69.9. The van der Waals surface area contributed by atoms with Crippen molar-refractivity contribution in [3.63, 3.8) is 0 Å². The summed E-state index contributed by atoms with van der Waals surface area (Å²) in [6.07, 6.45) is 0.149. The number of rotatable bonds is 28. The first kappa shape index (κ1) is 42.7. The first-order valence-corrected chi connectivity index (χ1v) is 23.9. The van der Waals surface area contributed by atoms with E-state index in [2.05, 4.69) is 5.32 Å². The van der Waals surface area contributed by atoms with E-state index in [1.807, 2.05) is 61.9 Å². The summed E-state index contributed by atoms with van der Waals surface area (Å²) in [5.41, 5.74) is 0. The molecule has 0 aliphatic carbocycles. The van der Waals surface area contributed by atoms with Crippen LogP contribution in [0.5, 0.6) is 0 Å². The molecule has 0 fully saturated rings. The summed E-state index contributed by atoms with van der Waals surface area (Å²) in [7, 11) is -12.2. The van der Waals surface area contributed by atoms with Gasteiger partial charge in [0.15, 0.2) is 0 Å². The van der Waals surface area contributed by atoms with Gasteiger partial charge >= 0.3 is 41.1 Å². The molecule has 258 valence electrons. The van der Waals surface area contributed by atoms with Crippen LogP contribution in [0.4, 0.5) is 4.79 Å². The standard InChI is InChI=1S/C26H61NO12Si4/c1-12-30-26(28)27-22-21-23-40(11,31-13-2)39-42(29-10,35-17-6)25(43(36-18-7,37-19-8)38-20-9)24-41(32-14-3,33-15-4)34-16-5/h25H,12-24H2,1-11H3,(H,27,28). The van der Waals surface area contributed by atoms with Gasteiger partial charge in [0, 0.05) is 72.6 Å². The Morgan fingerprint density at radius 3 is 1.47 bits per heavy atom. The predicted octanol–water partition coefficient (Wildman–Crippen LogP) is 4.88. The van der Waals surface area contributed by atoms with E-state index < -0.39 is 46.2 Å². The highest BCUT2D eigenvalue weighted by Gasteiger charge is 2.70. The van der Waals surface area contributed by atoms with E-state index >= 15 is 0 Å². The van der Waals surface area contributed by atoms with Gasteiger partial charge < -0.3 is 54.0 Å². The molecule has 3 atom stereocenters. The fourth-order valence-corrected chi connectivity index (χ4v) is 23.3. The molecule has 1 amide bonds. The van der Waals surface area contributed by atoms with Crippen molar-refractivity contribution in [2.45, 2.75) is 92.5 Å². The number of ether oxygens (including phenoxy) is 1. The number of amides is 1. The highest BCUT2D eigenvalue weighted by atomic mass is 28.5. The molecule has 1 N–H and O–H groups in total. The molecule has 0 aliphatic heterocycles. The summed E-state index contributed by atoms with van der Waals surface area (Å²) in [5.74, 6) is 0. The largest absolute Gasteiger partial charge is 0.508 e. The van der Waals surface area contributed by atoms with E-state index in [4.69, 9.17) is 48.7 Å². The molecule has 13 nitrogen and oxygen atoms in total. The van der Waals surface area contributed by atoms with Gasteiger partial charge in [-0.15, -0.1) is 0 Å². The average Bonchev–Trinajstić information content (AvgIpc) is 2.95. The van der Waals surface area contributed by atoms with Crippen LogP contribution in [-0.4, -0.2) is 114 Å². The zero-order valence-electron chi connectivity index (χ0n) is 28.7. The summed E-state index contributed by atoms with van der Waals surface area (Å²) >= 11 is 0. The van der Waals surface area contributed by atoms with Gasteiger partial charge in [-0.2, -0.15) is 0 Å². The molecule has 0 bridgehead atoms. The Labute approximate surface area is 265 Å². The Bertz CT molecular complexity index is 698. The van der Waals surface area contributed by atoms with E-state index in [9.17, 15) is 4.79 Å². The Balaban J connectivity index is 7.10. The zero-order valence-corrected chi connectivity index (χ0v) is 32.7. The van der Waals surface area contributed by atoms with Crippen molar-refractivity contribution < 1.29 is 53.5 Å². The van der Waals surface area contributed by atoms with Gasteiger partial charge in [0.05, 0.1) is 6.61 Å². The van der Waals surface area contributed by atoms with Crippen LogP contribution in [0.25, 0.3) is 0 Å². The molecule has 0 aromatic carbocycles. The second-order valence-electron chi connectivity index (χ2n) is 9.30. The van der Waals surface area contributed by atoms with Crippen molar-refractivity contribution in [2.75, 3.05) is 73.1 Å². The zero-order chi connectivity index (χ0) is 32.8. The van der Waals surface area contributed by atoms with Gasteiger partial charge in [-0.05, 0) is 81.3 Å². The van der Waals surface area contributed by atoms with Crippen molar-refractivity contribution >= 4 is 41.1 Å². The molecule has 0 aromatic rings. The lowest BCUT2D eigenvalue weighted by Gasteiger charge is -2.46. The van der Waals surface area contributed by atoms with Crippen LogP contribution in [0, 0.1) is 0 Å². The van der Waals surface area contributed by atoms with Crippen LogP contribution >= 0.6 is 0 Å². The normalized spacial score (nSPS) is 16.0. The van der Waals surface area contributed by atoms with E-state index in [0.717, 1.165) is 0 Å². The van der Waals surface area contributed by atoms with Gasteiger partial charge in [0.2, 0.25) is 0 Å². The van der Waals surface area contributed by atoms with E-state index in [0.29, 0.717) is 78.5 Å². The van der Waals surface area contributed by atoms with Crippen LogP contribution in [0.15, 0.2) is 0 Å². The Kier molecular flexibility index (Phi) is 23.0. The van der Waals surface area contributed by atoms with Gasteiger partial charge in [0.1, 0.15) is 5.16 Å². The lowest BCUT2D eigenvalue weighted by molar-refractivity contribution is 0.0381. The minimum absolute atomic E-state index is 0.246. The minimum Gasteiger partial charge on any atom is -0.450 e. The van der Waals surface area contributed by atoms with Crippen LogP contribution in [0.3, 0.4) is 0 Å². The molecule has 0 saturated carbocycles. The third kappa shape index (κ3) is 13.9. The van der Waals surface area contributed by atoms with Crippen molar-refractivity contribution in [3.8, 4) is 0 Å². The van der Waals surface area contributed by atoms with Gasteiger partial charge in [-0.3, -0.25) is 0 Å². The van der Waals surface area contributed by atoms with Gasteiger partial charge in [0.25, 0.3) is 0 Å². The molecular formula is C26H61NO12Si4. The van der Waals surface area contributed by atoms with Gasteiger partial charge in [-0.1, -0.05) is 0 Å². The Morgan fingerprint density at radius 2 is 1.07 bits per heavy atom. The quantitative estimate of drug-likeness (QED) is 0.0887. The van der Waals surface area contributed by atoms with Crippen molar-refractivity contribution in [3.05, 3.63) is 0 Å². The van der Waals surface area contributed by atoms with Crippen LogP contribution in [-0.2, 0) is 48.7 Å². The molecule has 0 aromatic heterocycles. The number of nitrogens with one attached hydrogen (secondary N) is 1. The number of hydrogen-bond acceptors (Lipinski definition) is 12. The number of carbonyl (C=O) groups is 1. The fourth-order valence-electron chi connectivity index (χ4n) is 4.89. The lowest BCUT2D eigenvalue weighted by Crippen LogP contribution is -2.69. The molecule has 0 radical (unpaired) electrons. The smallest absolute Gasteiger partial charge is 0.450 e. The second-order valence-corrected chi connectivity index (χ2v) is 21.8. The summed E-state index contributed by atoms with van der Waals surface area (Å²) in [4.78, 5) is 11.8. The van der Waals surface area contributed by atoms with E-state index in [-0.39, 0.29) is 6.04 Å². The maximum Gasteiger partial charge on any atom is 0.508 e. The highest BCUT2D eigenvalue weighted by molar-refractivity contribution is 6.89. The average molecular weight is 692 g/mol. The SMILES string of the molecule is CCOC(=O)NCCC[Si](C)(OCC)O[Si](OC)(OCC)C(C[Si](OCC)(OCC)OCC)[Si](OCC)(OCC)OCC. The first-order chi connectivity index (χ1) is 20.5. The van der Waals surface area contributed by atoms with Crippen molar-refractivity contribution in [2.24, 2.45) is 0 Å². The Hall–Kier alpha value is -0.262. The second kappa shape index (κ2) is 23.1. The van der Waals surface area contributed by atoms with Crippen molar-refractivity contribution in [1.82, 2.24) is 5.32 Å². The maximum atomic E-state index is 11.8. The molecule has 0 aliphatic rings. The number of hydrogen-bond donors (Lipinski definition) is 1. The van der Waals surface area contributed by atoms with E-state index in [1.165, 1.54) is 0 Å². The van der Waals surface area contributed by atoms with Crippen LogP contribution in [0.2, 0.25) is 23.8 Å². The topological polar surface area (TPSA) is 131 Å². The Morgan fingerprint density at radius 1 is 0.628 bits per heavy atom. The molecule has 0 rings (SSSR count). The predicted molar refractivity (Wildman–Crippen MR) is 173 cm³/mol. The molecule has 17 heteroatoms. The third-order valence-electron chi connectivity index (χ3n) is 6.23. The van der Waals surface area contributed by atoms with Crippen molar-refractivity contribution in [1.29, 1.82) is 0 Å². The lowest BCUT2D eigenvalue weighted by atomic mass is 10.5. The third-order valence-corrected chi connectivity index (χ3v) is 22.7. The highest BCUT2D eigenvalue weighted by Crippen LogP contribution is 2.45. The summed E-state index contributed by atoms with van der Waals surface area (Å²) in [5, 5.41) is 2.13.